The predicted octanol–water partition coefficient (Wildman–Crippen LogP) is 0.564. The quantitative estimate of drug-likeness (QED) is 0.460. The lowest BCUT2D eigenvalue weighted by Gasteiger charge is -2.22. The van der Waals surface area contributed by atoms with Gasteiger partial charge in [-0.15, -0.1) is 0 Å². The third kappa shape index (κ3) is 9.02. The standard InChI is InChI=1S/C11H22N2O3S/c1-3-16-8-5-11(14)13(7-9-15-2)6-4-10(12)17/h3-9H2,1-2H3,(H2,12,17). The van der Waals surface area contributed by atoms with Crippen LogP contribution in [0.2, 0.25) is 0 Å². The van der Waals surface area contributed by atoms with Crippen LogP contribution in [0, 0.1) is 0 Å². The van der Waals surface area contributed by atoms with E-state index in [0.717, 1.165) is 0 Å². The van der Waals surface area contributed by atoms with Crippen LogP contribution in [0.4, 0.5) is 0 Å². The molecule has 0 bridgehead atoms. The van der Waals surface area contributed by atoms with Crippen LogP contribution in [0.15, 0.2) is 0 Å². The topological polar surface area (TPSA) is 64.8 Å². The Kier molecular flexibility index (Phi) is 9.99. The summed E-state index contributed by atoms with van der Waals surface area (Å²) in [5.74, 6) is 0.0479. The second-order valence-corrected chi connectivity index (χ2v) is 4.06. The van der Waals surface area contributed by atoms with E-state index in [2.05, 4.69) is 0 Å². The van der Waals surface area contributed by atoms with Gasteiger partial charge in [-0.25, -0.2) is 0 Å². The second-order valence-electron chi connectivity index (χ2n) is 3.54. The molecule has 0 heterocycles. The first-order chi connectivity index (χ1) is 8.11. The lowest BCUT2D eigenvalue weighted by Crippen LogP contribution is -2.36. The summed E-state index contributed by atoms with van der Waals surface area (Å²) < 4.78 is 10.1. The maximum Gasteiger partial charge on any atom is 0.224 e. The number of rotatable bonds is 10. The third-order valence-corrected chi connectivity index (χ3v) is 2.41. The summed E-state index contributed by atoms with van der Waals surface area (Å²) in [4.78, 5) is 14.0. The Balaban J connectivity index is 4.04. The zero-order valence-electron chi connectivity index (χ0n) is 10.6. The lowest BCUT2D eigenvalue weighted by molar-refractivity contribution is -0.132. The number of nitrogens with two attached hydrogens (primary N) is 1. The Morgan fingerprint density at radius 2 is 2.00 bits per heavy atom. The van der Waals surface area contributed by atoms with Crippen LogP contribution in [-0.4, -0.2) is 55.8 Å². The molecule has 0 atom stereocenters. The van der Waals surface area contributed by atoms with E-state index in [1.165, 1.54) is 0 Å². The molecule has 5 nitrogen and oxygen atoms in total. The van der Waals surface area contributed by atoms with Crippen LogP contribution >= 0.6 is 12.2 Å². The van der Waals surface area contributed by atoms with E-state index < -0.39 is 0 Å². The number of thiocarbonyl (C=S) groups is 1. The maximum absolute atomic E-state index is 11.8. The molecule has 6 heteroatoms. The fourth-order valence-corrected chi connectivity index (χ4v) is 1.36. The van der Waals surface area contributed by atoms with Crippen LogP contribution in [0.3, 0.4) is 0 Å². The summed E-state index contributed by atoms with van der Waals surface area (Å²) in [5, 5.41) is 0. The van der Waals surface area contributed by atoms with E-state index in [1.54, 1.807) is 12.0 Å². The first-order valence-corrected chi connectivity index (χ1v) is 6.15. The highest BCUT2D eigenvalue weighted by Gasteiger charge is 2.12. The van der Waals surface area contributed by atoms with E-state index in [1.807, 2.05) is 6.92 Å². The van der Waals surface area contributed by atoms with Gasteiger partial charge in [0.1, 0.15) is 0 Å². The first-order valence-electron chi connectivity index (χ1n) is 5.74. The summed E-state index contributed by atoms with van der Waals surface area (Å²) in [7, 11) is 1.61. The molecule has 0 unspecified atom stereocenters. The molecule has 0 aromatic heterocycles. The maximum atomic E-state index is 11.8. The molecule has 100 valence electrons. The highest BCUT2D eigenvalue weighted by molar-refractivity contribution is 7.80. The summed E-state index contributed by atoms with van der Waals surface area (Å²) in [6.45, 7) is 4.59. The Morgan fingerprint density at radius 1 is 1.29 bits per heavy atom. The van der Waals surface area contributed by atoms with E-state index >= 15 is 0 Å². The van der Waals surface area contributed by atoms with Crippen LogP contribution in [0.5, 0.6) is 0 Å². The van der Waals surface area contributed by atoms with E-state index in [4.69, 9.17) is 27.4 Å². The summed E-state index contributed by atoms with van der Waals surface area (Å²) >= 11 is 4.80. The van der Waals surface area contributed by atoms with Gasteiger partial charge < -0.3 is 20.1 Å². The summed E-state index contributed by atoms with van der Waals surface area (Å²) in [5.41, 5.74) is 5.43. The molecule has 0 radical (unpaired) electrons. The van der Waals surface area contributed by atoms with Crippen LogP contribution in [-0.2, 0) is 14.3 Å². The van der Waals surface area contributed by atoms with Gasteiger partial charge in [-0.3, -0.25) is 4.79 Å². The molecule has 2 N–H and O–H groups in total. The number of nitrogens with zero attached hydrogens (tertiary/aromatic N) is 1. The zero-order valence-corrected chi connectivity index (χ0v) is 11.4. The van der Waals surface area contributed by atoms with Gasteiger partial charge in [0.05, 0.1) is 24.6 Å². The molecule has 0 saturated heterocycles. The van der Waals surface area contributed by atoms with Crippen molar-refractivity contribution in [1.29, 1.82) is 0 Å². The van der Waals surface area contributed by atoms with Crippen molar-refractivity contribution < 1.29 is 14.3 Å². The molecule has 0 aromatic carbocycles. The number of ether oxygens (including phenoxy) is 2. The normalized spacial score (nSPS) is 10.2. The Hall–Kier alpha value is -0.720. The molecular weight excluding hydrogens is 240 g/mol. The SMILES string of the molecule is CCOCCC(=O)N(CCOC)CCC(N)=S. The van der Waals surface area contributed by atoms with Crippen LogP contribution < -0.4 is 5.73 Å². The third-order valence-electron chi connectivity index (χ3n) is 2.21. The van der Waals surface area contributed by atoms with Crippen molar-refractivity contribution in [2.45, 2.75) is 19.8 Å². The van der Waals surface area contributed by atoms with Crippen molar-refractivity contribution in [3.05, 3.63) is 0 Å². The van der Waals surface area contributed by atoms with Crippen molar-refractivity contribution in [3.63, 3.8) is 0 Å². The largest absolute Gasteiger partial charge is 0.393 e. The van der Waals surface area contributed by atoms with Crippen molar-refractivity contribution in [2.75, 3.05) is 40.0 Å². The molecular formula is C11H22N2O3S. The molecule has 0 aliphatic heterocycles. The summed E-state index contributed by atoms with van der Waals surface area (Å²) in [6.07, 6.45) is 0.925. The van der Waals surface area contributed by atoms with Gasteiger partial charge in [-0.1, -0.05) is 12.2 Å². The van der Waals surface area contributed by atoms with Gasteiger partial charge in [0.15, 0.2) is 0 Å². The molecule has 0 aliphatic carbocycles. The number of hydrogen-bond donors (Lipinski definition) is 1. The molecule has 0 fully saturated rings. The highest BCUT2D eigenvalue weighted by Crippen LogP contribution is 1.98. The average molecular weight is 262 g/mol. The summed E-state index contributed by atoms with van der Waals surface area (Å²) in [6, 6.07) is 0. The fraction of sp³-hybridized carbons (Fsp3) is 0.818. The van der Waals surface area contributed by atoms with Crippen LogP contribution in [0.1, 0.15) is 19.8 Å². The van der Waals surface area contributed by atoms with Gasteiger partial charge in [0, 0.05) is 33.2 Å². The minimum absolute atomic E-state index is 0.0479. The van der Waals surface area contributed by atoms with Gasteiger partial charge >= 0.3 is 0 Å². The van der Waals surface area contributed by atoms with Gasteiger partial charge in [0.25, 0.3) is 0 Å². The Morgan fingerprint density at radius 3 is 2.53 bits per heavy atom. The molecule has 0 saturated carbocycles. The van der Waals surface area contributed by atoms with Crippen molar-refractivity contribution in [2.24, 2.45) is 5.73 Å². The second kappa shape index (κ2) is 10.4. The molecule has 17 heavy (non-hydrogen) atoms. The fourth-order valence-electron chi connectivity index (χ4n) is 1.27. The molecule has 1 amide bonds. The highest BCUT2D eigenvalue weighted by atomic mass is 32.1. The van der Waals surface area contributed by atoms with Gasteiger partial charge in [-0.05, 0) is 6.92 Å². The average Bonchev–Trinajstić information content (AvgIpc) is 2.29. The lowest BCUT2D eigenvalue weighted by atomic mass is 10.3. The number of hydrogen-bond acceptors (Lipinski definition) is 4. The predicted molar refractivity (Wildman–Crippen MR) is 71.0 cm³/mol. The minimum Gasteiger partial charge on any atom is -0.393 e. The molecule has 0 aliphatic rings. The zero-order chi connectivity index (χ0) is 13.1. The number of carbonyl (C=O) groups excluding carboxylic acids is 1. The van der Waals surface area contributed by atoms with Crippen molar-refractivity contribution in [3.8, 4) is 0 Å². The molecule has 0 aromatic rings. The minimum atomic E-state index is 0.0479. The van der Waals surface area contributed by atoms with Crippen molar-refractivity contribution >= 4 is 23.1 Å². The van der Waals surface area contributed by atoms with E-state index in [9.17, 15) is 4.79 Å². The van der Waals surface area contributed by atoms with Crippen molar-refractivity contribution in [1.82, 2.24) is 4.90 Å². The first kappa shape index (κ1) is 16.3. The van der Waals surface area contributed by atoms with E-state index in [-0.39, 0.29) is 5.91 Å². The number of methoxy groups -OCH3 is 1. The monoisotopic (exact) mass is 262 g/mol. The van der Waals surface area contributed by atoms with Crippen LogP contribution in [0.25, 0.3) is 0 Å². The molecule has 0 rings (SSSR count). The number of carbonyl (C=O) groups is 1. The Bertz CT molecular complexity index is 237. The molecule has 0 spiro atoms. The van der Waals surface area contributed by atoms with Gasteiger partial charge in [-0.2, -0.15) is 0 Å². The Labute approximate surface area is 108 Å². The van der Waals surface area contributed by atoms with Gasteiger partial charge in [0.2, 0.25) is 5.91 Å². The van der Waals surface area contributed by atoms with E-state index in [0.29, 0.717) is 50.7 Å². The number of amides is 1. The smallest absolute Gasteiger partial charge is 0.224 e.